The van der Waals surface area contributed by atoms with E-state index in [0.29, 0.717) is 0 Å². The zero-order valence-electron chi connectivity index (χ0n) is 12.3. The van der Waals surface area contributed by atoms with Crippen molar-refractivity contribution in [3.05, 3.63) is 41.7 Å². The average molecular weight is 264 g/mol. The van der Waals surface area contributed by atoms with Crippen LogP contribution in [0.15, 0.2) is 36.1 Å². The number of ether oxygens (including phenoxy) is 1. The third kappa shape index (κ3) is 6.03. The van der Waals surface area contributed by atoms with Gasteiger partial charge >= 0.3 is 0 Å². The molecule has 0 N–H and O–H groups in total. The van der Waals surface area contributed by atoms with Gasteiger partial charge in [0.05, 0.1) is 5.76 Å². The van der Waals surface area contributed by atoms with Gasteiger partial charge < -0.3 is 9.16 Å². The molecule has 0 unspecified atom stereocenters. The predicted molar refractivity (Wildman–Crippen MR) is 79.7 cm³/mol. The molecule has 0 aliphatic heterocycles. The van der Waals surface area contributed by atoms with Crippen LogP contribution in [0.4, 0.5) is 0 Å². The fourth-order valence-corrected chi connectivity index (χ4v) is 3.48. The summed E-state index contributed by atoms with van der Waals surface area (Å²) < 4.78 is 11.9. The Balaban J connectivity index is 2.69. The van der Waals surface area contributed by atoms with Crippen LogP contribution in [0.25, 0.3) is 6.08 Å². The second-order valence-electron chi connectivity index (χ2n) is 5.88. The van der Waals surface area contributed by atoms with Crippen molar-refractivity contribution in [1.82, 2.24) is 0 Å². The van der Waals surface area contributed by atoms with Crippen LogP contribution in [0, 0.1) is 0 Å². The first-order chi connectivity index (χ1) is 8.18. The molecule has 0 aromatic heterocycles. The molecular formula is C15H24O2Si. The number of hydrogen-bond donors (Lipinski definition) is 0. The first-order valence-electron chi connectivity index (χ1n) is 6.30. The fraction of sp³-hybridized carbons (Fsp3) is 0.467. The van der Waals surface area contributed by atoms with Gasteiger partial charge in [-0.3, -0.25) is 0 Å². The quantitative estimate of drug-likeness (QED) is 0.438. The molecule has 0 radical (unpaired) electrons. The minimum absolute atomic E-state index is 0.570. The van der Waals surface area contributed by atoms with Crippen molar-refractivity contribution < 1.29 is 9.16 Å². The molecule has 1 aromatic carbocycles. The average Bonchev–Trinajstić information content (AvgIpc) is 2.13. The Labute approximate surface area is 112 Å². The van der Waals surface area contributed by atoms with E-state index in [4.69, 9.17) is 9.16 Å². The molecule has 0 saturated heterocycles. The molecule has 3 heteroatoms. The molecule has 0 fully saturated rings. The normalized spacial score (nSPS) is 13.6. The lowest BCUT2D eigenvalue weighted by Gasteiger charge is -2.33. The van der Waals surface area contributed by atoms with Gasteiger partial charge in [-0.15, -0.1) is 0 Å². The predicted octanol–water partition coefficient (Wildman–Crippen LogP) is 4.65. The molecule has 0 spiro atoms. The molecule has 0 atom stereocenters. The molecule has 1 aromatic rings. The van der Waals surface area contributed by atoms with Crippen molar-refractivity contribution in [2.24, 2.45) is 0 Å². The highest BCUT2D eigenvalue weighted by molar-refractivity contribution is 6.69. The minimum atomic E-state index is -1.60. The van der Waals surface area contributed by atoms with Crippen molar-refractivity contribution in [2.45, 2.75) is 46.2 Å². The van der Waals surface area contributed by atoms with Crippen molar-refractivity contribution in [1.29, 1.82) is 0 Å². The van der Waals surface area contributed by atoms with Crippen LogP contribution in [-0.4, -0.2) is 14.1 Å². The molecule has 0 saturated carbocycles. The van der Waals surface area contributed by atoms with Crippen LogP contribution in [0.2, 0.25) is 19.6 Å². The van der Waals surface area contributed by atoms with Gasteiger partial charge in [-0.2, -0.15) is 0 Å². The summed E-state index contributed by atoms with van der Waals surface area (Å²) in [5.74, 6) is 0.296. The highest BCUT2D eigenvalue weighted by Crippen LogP contribution is 2.22. The third-order valence-electron chi connectivity index (χ3n) is 2.13. The molecular weight excluding hydrogens is 240 g/mol. The maximum Gasteiger partial charge on any atom is 0.195 e. The Hall–Kier alpha value is -1.06. The van der Waals surface area contributed by atoms with Gasteiger partial charge in [-0.1, -0.05) is 30.3 Å². The summed E-state index contributed by atoms with van der Waals surface area (Å²) in [5, 5.41) is 0. The maximum atomic E-state index is 6.01. The van der Waals surface area contributed by atoms with Crippen LogP contribution in [-0.2, 0) is 9.16 Å². The first-order valence-corrected chi connectivity index (χ1v) is 9.71. The maximum absolute atomic E-state index is 6.01. The largest absolute Gasteiger partial charge is 0.469 e. The molecule has 18 heavy (non-hydrogen) atoms. The molecule has 0 aliphatic carbocycles. The SMILES string of the molecule is CC(=Cc1ccccc1)OC(C)(C)O[Si](C)(C)C. The smallest absolute Gasteiger partial charge is 0.195 e. The Morgan fingerprint density at radius 1 is 1.11 bits per heavy atom. The van der Waals surface area contributed by atoms with E-state index < -0.39 is 14.1 Å². The lowest BCUT2D eigenvalue weighted by Crippen LogP contribution is -2.39. The van der Waals surface area contributed by atoms with Gasteiger partial charge in [-0.05, 0) is 52.1 Å². The Morgan fingerprint density at radius 3 is 2.17 bits per heavy atom. The van der Waals surface area contributed by atoms with E-state index in [-0.39, 0.29) is 0 Å². The van der Waals surface area contributed by atoms with Crippen molar-refractivity contribution in [3.8, 4) is 0 Å². The topological polar surface area (TPSA) is 18.5 Å². The number of allylic oxidation sites excluding steroid dienone is 1. The lowest BCUT2D eigenvalue weighted by molar-refractivity contribution is -0.130. The van der Waals surface area contributed by atoms with E-state index in [1.54, 1.807) is 0 Å². The van der Waals surface area contributed by atoms with E-state index in [1.165, 1.54) is 0 Å². The summed E-state index contributed by atoms with van der Waals surface area (Å²) in [4.78, 5) is 0. The van der Waals surface area contributed by atoms with Gasteiger partial charge in [-0.25, -0.2) is 0 Å². The molecule has 0 amide bonds. The van der Waals surface area contributed by atoms with Crippen LogP contribution in [0.1, 0.15) is 26.3 Å². The molecule has 1 rings (SSSR count). The molecule has 2 nitrogen and oxygen atoms in total. The van der Waals surface area contributed by atoms with Crippen LogP contribution < -0.4 is 0 Å². The molecule has 100 valence electrons. The third-order valence-corrected chi connectivity index (χ3v) is 3.23. The van der Waals surface area contributed by atoms with Gasteiger partial charge in [0.15, 0.2) is 14.1 Å². The summed E-state index contributed by atoms with van der Waals surface area (Å²) in [7, 11) is -1.60. The van der Waals surface area contributed by atoms with E-state index in [1.807, 2.05) is 45.0 Å². The molecule has 0 heterocycles. The lowest BCUT2D eigenvalue weighted by atomic mass is 10.2. The second-order valence-corrected chi connectivity index (χ2v) is 10.3. The van der Waals surface area contributed by atoms with Crippen LogP contribution in [0.3, 0.4) is 0 Å². The zero-order valence-corrected chi connectivity index (χ0v) is 13.3. The van der Waals surface area contributed by atoms with Crippen molar-refractivity contribution in [3.63, 3.8) is 0 Å². The molecule has 0 aliphatic rings. The minimum Gasteiger partial charge on any atom is -0.469 e. The highest BCUT2D eigenvalue weighted by Gasteiger charge is 2.28. The second kappa shape index (κ2) is 5.72. The van der Waals surface area contributed by atoms with Crippen LogP contribution >= 0.6 is 0 Å². The van der Waals surface area contributed by atoms with E-state index >= 15 is 0 Å². The summed E-state index contributed by atoms with van der Waals surface area (Å²) in [5.41, 5.74) is 1.14. The molecule has 0 bridgehead atoms. The number of rotatable bonds is 5. The van der Waals surface area contributed by atoms with Crippen molar-refractivity contribution in [2.75, 3.05) is 0 Å². The summed E-state index contributed by atoms with van der Waals surface area (Å²) in [6.07, 6.45) is 2.02. The van der Waals surface area contributed by atoms with Gasteiger partial charge in [0.25, 0.3) is 0 Å². The summed E-state index contributed by atoms with van der Waals surface area (Å²) in [6.45, 7) is 12.4. The zero-order chi connectivity index (χ0) is 13.8. The number of hydrogen-bond acceptors (Lipinski definition) is 2. The van der Waals surface area contributed by atoms with Gasteiger partial charge in [0.1, 0.15) is 0 Å². The monoisotopic (exact) mass is 264 g/mol. The fourth-order valence-electron chi connectivity index (χ4n) is 1.96. The summed E-state index contributed by atoms with van der Waals surface area (Å²) in [6, 6.07) is 10.1. The Bertz CT molecular complexity index is 402. The van der Waals surface area contributed by atoms with Gasteiger partial charge in [0, 0.05) is 0 Å². The van der Waals surface area contributed by atoms with E-state index in [9.17, 15) is 0 Å². The van der Waals surface area contributed by atoms with Gasteiger partial charge in [0.2, 0.25) is 0 Å². The summed E-state index contributed by atoms with van der Waals surface area (Å²) >= 11 is 0. The first kappa shape index (κ1) is 15.0. The van der Waals surface area contributed by atoms with Crippen molar-refractivity contribution >= 4 is 14.4 Å². The Morgan fingerprint density at radius 2 is 1.67 bits per heavy atom. The van der Waals surface area contributed by atoms with E-state index in [0.717, 1.165) is 11.3 Å². The Kier molecular flexibility index (Phi) is 4.76. The van der Waals surface area contributed by atoms with E-state index in [2.05, 4.69) is 31.8 Å². The number of benzene rings is 1. The standard InChI is InChI=1S/C15H24O2Si/c1-13(12-14-10-8-7-9-11-14)16-15(2,3)17-18(4,5)6/h7-12H,1-6H3. The van der Waals surface area contributed by atoms with Crippen LogP contribution in [0.5, 0.6) is 0 Å². The highest BCUT2D eigenvalue weighted by atomic mass is 28.4.